The van der Waals surface area contributed by atoms with Gasteiger partial charge in [0.1, 0.15) is 0 Å². The van der Waals surface area contributed by atoms with Crippen LogP contribution in [0.3, 0.4) is 0 Å². The van der Waals surface area contributed by atoms with E-state index in [-0.39, 0.29) is 29.1 Å². The van der Waals surface area contributed by atoms with E-state index in [9.17, 15) is 14.7 Å². The Bertz CT molecular complexity index is 790. The topological polar surface area (TPSA) is 84.2 Å². The Kier molecular flexibility index (Phi) is 6.64. The summed E-state index contributed by atoms with van der Waals surface area (Å²) in [6.07, 6.45) is 1.16. The minimum atomic E-state index is -0.252. The largest absolute Gasteiger partial charge is 0.493 e. The monoisotopic (exact) mass is 361 g/mol. The molecule has 0 radical (unpaired) electrons. The van der Waals surface area contributed by atoms with E-state index in [2.05, 4.69) is 10.3 Å². The third-order valence-electron chi connectivity index (χ3n) is 3.93. The van der Waals surface area contributed by atoms with Gasteiger partial charge in [-0.2, -0.15) is 4.98 Å². The quantitative estimate of drug-likeness (QED) is 0.584. The zero-order chi connectivity index (χ0) is 18.4. The standard InChI is InChI=1S/C18H23N3O3S/c1-4-12(3)21-17(24)14(5-2)16(23)20-18(21)25-11-15(22)19-13-9-7-6-8-10-13/h6-10,12,23H,4-5,11H2,1-3H3,(H,19,22)/t12-/m0/s1. The van der Waals surface area contributed by atoms with Crippen LogP contribution in [0.2, 0.25) is 0 Å². The zero-order valence-corrected chi connectivity index (χ0v) is 15.5. The van der Waals surface area contributed by atoms with Gasteiger partial charge >= 0.3 is 0 Å². The Morgan fingerprint density at radius 2 is 2.00 bits per heavy atom. The van der Waals surface area contributed by atoms with Crippen molar-refractivity contribution in [2.24, 2.45) is 0 Å². The van der Waals surface area contributed by atoms with Crippen LogP contribution in [0.5, 0.6) is 5.88 Å². The molecule has 7 heteroatoms. The number of carbonyl (C=O) groups is 1. The lowest BCUT2D eigenvalue weighted by atomic mass is 10.2. The molecule has 0 aliphatic carbocycles. The maximum absolute atomic E-state index is 12.6. The Hall–Kier alpha value is -2.28. The fourth-order valence-electron chi connectivity index (χ4n) is 2.37. The summed E-state index contributed by atoms with van der Waals surface area (Å²) in [5, 5.41) is 13.2. The van der Waals surface area contributed by atoms with Gasteiger partial charge in [0.05, 0.1) is 11.3 Å². The van der Waals surface area contributed by atoms with Crippen molar-refractivity contribution in [3.63, 3.8) is 0 Å². The van der Waals surface area contributed by atoms with Gasteiger partial charge in [0.15, 0.2) is 5.16 Å². The van der Waals surface area contributed by atoms with Gasteiger partial charge in [0.2, 0.25) is 11.8 Å². The second-order valence-electron chi connectivity index (χ2n) is 5.69. The molecule has 1 atom stereocenters. The smallest absolute Gasteiger partial charge is 0.261 e. The number of benzene rings is 1. The summed E-state index contributed by atoms with van der Waals surface area (Å²) in [7, 11) is 0. The lowest BCUT2D eigenvalue weighted by Crippen LogP contribution is -2.29. The molecule has 2 N–H and O–H groups in total. The first-order valence-electron chi connectivity index (χ1n) is 8.29. The number of aromatic hydroxyl groups is 1. The Balaban J connectivity index is 2.21. The molecule has 1 amide bonds. The first-order valence-corrected chi connectivity index (χ1v) is 9.28. The molecule has 0 saturated heterocycles. The molecule has 2 aromatic rings. The highest BCUT2D eigenvalue weighted by Gasteiger charge is 2.19. The Morgan fingerprint density at radius 1 is 1.32 bits per heavy atom. The third kappa shape index (κ3) is 4.63. The highest BCUT2D eigenvalue weighted by Crippen LogP contribution is 2.24. The molecule has 0 aliphatic rings. The van der Waals surface area contributed by atoms with E-state index >= 15 is 0 Å². The van der Waals surface area contributed by atoms with Crippen molar-refractivity contribution in [3.8, 4) is 5.88 Å². The number of nitrogens with zero attached hydrogens (tertiary/aromatic N) is 2. The molecular formula is C18H23N3O3S. The average molecular weight is 361 g/mol. The van der Waals surface area contributed by atoms with E-state index in [0.717, 1.165) is 18.2 Å². The molecule has 1 aromatic heterocycles. The molecule has 0 unspecified atom stereocenters. The first kappa shape index (κ1) is 19.1. The Labute approximate surface area is 151 Å². The summed E-state index contributed by atoms with van der Waals surface area (Å²) in [5.41, 5.74) is 0.776. The minimum absolute atomic E-state index is 0.0643. The van der Waals surface area contributed by atoms with Crippen molar-refractivity contribution in [2.45, 2.75) is 44.8 Å². The Morgan fingerprint density at radius 3 is 2.60 bits per heavy atom. The number of thioether (sulfide) groups is 1. The number of aromatic nitrogens is 2. The number of nitrogens with one attached hydrogen (secondary N) is 1. The van der Waals surface area contributed by atoms with Crippen molar-refractivity contribution < 1.29 is 9.90 Å². The van der Waals surface area contributed by atoms with Crippen LogP contribution in [-0.2, 0) is 11.2 Å². The van der Waals surface area contributed by atoms with E-state index in [1.54, 1.807) is 23.6 Å². The fraction of sp³-hybridized carbons (Fsp3) is 0.389. The van der Waals surface area contributed by atoms with Crippen LogP contribution in [0.15, 0.2) is 40.3 Å². The van der Waals surface area contributed by atoms with Crippen LogP contribution >= 0.6 is 11.8 Å². The van der Waals surface area contributed by atoms with Gasteiger partial charge in [-0.15, -0.1) is 0 Å². The highest BCUT2D eigenvalue weighted by atomic mass is 32.2. The number of carbonyl (C=O) groups excluding carboxylic acids is 1. The second-order valence-corrected chi connectivity index (χ2v) is 6.63. The number of hydrogen-bond donors (Lipinski definition) is 2. The molecule has 6 nitrogen and oxygen atoms in total. The van der Waals surface area contributed by atoms with Crippen molar-refractivity contribution in [1.29, 1.82) is 0 Å². The van der Waals surface area contributed by atoms with Gasteiger partial charge in [-0.05, 0) is 31.9 Å². The molecular weight excluding hydrogens is 338 g/mol. The van der Waals surface area contributed by atoms with Crippen molar-refractivity contribution in [3.05, 3.63) is 46.2 Å². The lowest BCUT2D eigenvalue weighted by molar-refractivity contribution is -0.113. The molecule has 0 spiro atoms. The van der Waals surface area contributed by atoms with Gasteiger partial charge in [-0.25, -0.2) is 0 Å². The fourth-order valence-corrected chi connectivity index (χ4v) is 3.26. The van der Waals surface area contributed by atoms with Gasteiger partial charge in [-0.3, -0.25) is 14.2 Å². The predicted octanol–water partition coefficient (Wildman–Crippen LogP) is 3.21. The SMILES string of the molecule is CCc1c(O)nc(SCC(=O)Nc2ccccc2)n([C@@H](C)CC)c1=O. The number of hydrogen-bond acceptors (Lipinski definition) is 5. The van der Waals surface area contributed by atoms with Crippen molar-refractivity contribution >= 4 is 23.4 Å². The predicted molar refractivity (Wildman–Crippen MR) is 100 cm³/mol. The molecule has 25 heavy (non-hydrogen) atoms. The van der Waals surface area contributed by atoms with Gasteiger partial charge in [-0.1, -0.05) is 43.8 Å². The van der Waals surface area contributed by atoms with E-state index in [1.807, 2.05) is 32.0 Å². The molecule has 0 bridgehead atoms. The molecule has 2 rings (SSSR count). The number of rotatable bonds is 7. The summed E-state index contributed by atoms with van der Waals surface area (Å²) in [4.78, 5) is 28.9. The van der Waals surface area contributed by atoms with Gasteiger partial charge in [0.25, 0.3) is 5.56 Å². The molecule has 1 aromatic carbocycles. The summed E-state index contributed by atoms with van der Waals surface area (Å²) in [5.74, 6) is -0.346. The average Bonchev–Trinajstić information content (AvgIpc) is 2.60. The number of amides is 1. The van der Waals surface area contributed by atoms with Crippen LogP contribution in [-0.4, -0.2) is 26.3 Å². The van der Waals surface area contributed by atoms with E-state index in [4.69, 9.17) is 0 Å². The van der Waals surface area contributed by atoms with Crippen LogP contribution < -0.4 is 10.9 Å². The van der Waals surface area contributed by atoms with Crippen molar-refractivity contribution in [2.75, 3.05) is 11.1 Å². The minimum Gasteiger partial charge on any atom is -0.493 e. The summed E-state index contributed by atoms with van der Waals surface area (Å²) in [6, 6.07) is 9.09. The highest BCUT2D eigenvalue weighted by molar-refractivity contribution is 7.99. The summed E-state index contributed by atoms with van der Waals surface area (Å²) in [6.45, 7) is 5.71. The third-order valence-corrected chi connectivity index (χ3v) is 4.88. The molecule has 134 valence electrons. The van der Waals surface area contributed by atoms with E-state index in [0.29, 0.717) is 22.8 Å². The van der Waals surface area contributed by atoms with Crippen LogP contribution in [0.1, 0.15) is 38.8 Å². The van der Waals surface area contributed by atoms with Crippen molar-refractivity contribution in [1.82, 2.24) is 9.55 Å². The summed E-state index contributed by atoms with van der Waals surface area (Å²) < 4.78 is 1.57. The van der Waals surface area contributed by atoms with Crippen LogP contribution in [0.25, 0.3) is 0 Å². The maximum atomic E-state index is 12.6. The molecule has 1 heterocycles. The van der Waals surface area contributed by atoms with E-state index < -0.39 is 0 Å². The molecule has 0 saturated carbocycles. The zero-order valence-electron chi connectivity index (χ0n) is 14.7. The van der Waals surface area contributed by atoms with E-state index in [1.165, 1.54) is 0 Å². The molecule has 0 aliphatic heterocycles. The lowest BCUT2D eigenvalue weighted by Gasteiger charge is -2.18. The first-order chi connectivity index (χ1) is 12.0. The van der Waals surface area contributed by atoms with Crippen LogP contribution in [0.4, 0.5) is 5.69 Å². The van der Waals surface area contributed by atoms with Gasteiger partial charge in [0, 0.05) is 11.7 Å². The summed E-state index contributed by atoms with van der Waals surface area (Å²) >= 11 is 1.15. The number of anilines is 1. The maximum Gasteiger partial charge on any atom is 0.261 e. The van der Waals surface area contributed by atoms with Crippen LogP contribution in [0, 0.1) is 0 Å². The second kappa shape index (κ2) is 8.71. The van der Waals surface area contributed by atoms with Gasteiger partial charge < -0.3 is 10.4 Å². The number of para-hydroxylation sites is 1. The molecule has 0 fully saturated rings. The normalized spacial score (nSPS) is 12.0.